The van der Waals surface area contributed by atoms with E-state index in [0.29, 0.717) is 11.7 Å². The standard InChI is InChI=1S/C9H19NO3S/c1-8(2-4-11)6-10-9-3-5-14(12,13)7-9/h8-11H,2-7H2,1H3. The summed E-state index contributed by atoms with van der Waals surface area (Å²) in [5, 5.41) is 11.9. The molecular weight excluding hydrogens is 202 g/mol. The van der Waals surface area contributed by atoms with Crippen molar-refractivity contribution in [3.8, 4) is 0 Å². The minimum Gasteiger partial charge on any atom is -0.396 e. The van der Waals surface area contributed by atoms with Gasteiger partial charge < -0.3 is 10.4 Å². The predicted octanol–water partition coefficient (Wildman–Crippen LogP) is -0.218. The van der Waals surface area contributed by atoms with Crippen LogP contribution < -0.4 is 5.32 Å². The minimum absolute atomic E-state index is 0.126. The molecule has 5 heteroatoms. The van der Waals surface area contributed by atoms with Crippen molar-refractivity contribution in [1.29, 1.82) is 0 Å². The van der Waals surface area contributed by atoms with Crippen molar-refractivity contribution in [1.82, 2.24) is 5.32 Å². The maximum atomic E-state index is 11.1. The lowest BCUT2D eigenvalue weighted by Gasteiger charge is -2.14. The molecule has 1 saturated heterocycles. The molecule has 2 atom stereocenters. The molecule has 0 spiro atoms. The zero-order chi connectivity index (χ0) is 10.6. The van der Waals surface area contributed by atoms with Crippen LogP contribution in [0.15, 0.2) is 0 Å². The lowest BCUT2D eigenvalue weighted by atomic mass is 10.1. The summed E-state index contributed by atoms with van der Waals surface area (Å²) in [6.07, 6.45) is 1.50. The smallest absolute Gasteiger partial charge is 0.151 e. The average Bonchev–Trinajstić information content (AvgIpc) is 2.43. The predicted molar refractivity (Wildman–Crippen MR) is 55.9 cm³/mol. The quantitative estimate of drug-likeness (QED) is 0.673. The number of hydrogen-bond donors (Lipinski definition) is 2. The number of nitrogens with one attached hydrogen (secondary N) is 1. The number of aliphatic hydroxyl groups excluding tert-OH is 1. The van der Waals surface area contributed by atoms with Crippen LogP contribution >= 0.6 is 0 Å². The molecule has 0 bridgehead atoms. The van der Waals surface area contributed by atoms with E-state index < -0.39 is 9.84 Å². The summed E-state index contributed by atoms with van der Waals surface area (Å²) in [5.74, 6) is 1.00. The van der Waals surface area contributed by atoms with Gasteiger partial charge in [-0.05, 0) is 25.3 Å². The summed E-state index contributed by atoms with van der Waals surface area (Å²) in [5.41, 5.74) is 0. The Balaban J connectivity index is 2.20. The average molecular weight is 221 g/mol. The van der Waals surface area contributed by atoms with E-state index in [-0.39, 0.29) is 18.4 Å². The molecule has 0 amide bonds. The number of sulfone groups is 1. The summed E-state index contributed by atoms with van der Waals surface area (Å²) in [7, 11) is -2.77. The van der Waals surface area contributed by atoms with E-state index in [1.807, 2.05) is 6.92 Å². The van der Waals surface area contributed by atoms with Crippen molar-refractivity contribution in [3.63, 3.8) is 0 Å². The third kappa shape index (κ3) is 3.94. The van der Waals surface area contributed by atoms with Gasteiger partial charge in [0.15, 0.2) is 9.84 Å². The summed E-state index contributed by atoms with van der Waals surface area (Å²) >= 11 is 0. The van der Waals surface area contributed by atoms with Gasteiger partial charge in [-0.2, -0.15) is 0 Å². The van der Waals surface area contributed by atoms with Gasteiger partial charge in [0, 0.05) is 12.6 Å². The van der Waals surface area contributed by atoms with Gasteiger partial charge in [-0.1, -0.05) is 6.92 Å². The molecule has 84 valence electrons. The van der Waals surface area contributed by atoms with Crippen LogP contribution in [0.1, 0.15) is 19.8 Å². The lowest BCUT2D eigenvalue weighted by Crippen LogP contribution is -2.33. The van der Waals surface area contributed by atoms with Crippen LogP contribution in [0.3, 0.4) is 0 Å². The van der Waals surface area contributed by atoms with Gasteiger partial charge in [0.1, 0.15) is 0 Å². The Bertz CT molecular complexity index is 263. The highest BCUT2D eigenvalue weighted by Crippen LogP contribution is 2.11. The van der Waals surface area contributed by atoms with Crippen molar-refractivity contribution >= 4 is 9.84 Å². The SMILES string of the molecule is CC(CCO)CNC1CCS(=O)(=O)C1. The van der Waals surface area contributed by atoms with Crippen LogP contribution in [0.5, 0.6) is 0 Å². The molecule has 1 rings (SSSR count). The van der Waals surface area contributed by atoms with Crippen molar-refractivity contribution in [3.05, 3.63) is 0 Å². The van der Waals surface area contributed by atoms with Crippen LogP contribution in [-0.4, -0.2) is 44.2 Å². The molecule has 2 unspecified atom stereocenters. The monoisotopic (exact) mass is 221 g/mol. The molecule has 0 radical (unpaired) electrons. The van der Waals surface area contributed by atoms with Crippen LogP contribution in [0.25, 0.3) is 0 Å². The van der Waals surface area contributed by atoms with Gasteiger partial charge in [-0.3, -0.25) is 0 Å². The van der Waals surface area contributed by atoms with E-state index in [0.717, 1.165) is 19.4 Å². The Morgan fingerprint density at radius 3 is 2.79 bits per heavy atom. The van der Waals surface area contributed by atoms with Gasteiger partial charge in [-0.15, -0.1) is 0 Å². The van der Waals surface area contributed by atoms with Crippen molar-refractivity contribution in [2.45, 2.75) is 25.8 Å². The Kier molecular flexibility index (Phi) is 4.34. The molecule has 14 heavy (non-hydrogen) atoms. The van der Waals surface area contributed by atoms with E-state index in [1.165, 1.54) is 0 Å². The van der Waals surface area contributed by atoms with Crippen LogP contribution in [0.4, 0.5) is 0 Å². The van der Waals surface area contributed by atoms with Crippen molar-refractivity contribution < 1.29 is 13.5 Å². The van der Waals surface area contributed by atoms with Gasteiger partial charge in [0.2, 0.25) is 0 Å². The molecule has 1 aliphatic heterocycles. The van der Waals surface area contributed by atoms with E-state index in [2.05, 4.69) is 5.32 Å². The highest BCUT2D eigenvalue weighted by molar-refractivity contribution is 7.91. The highest BCUT2D eigenvalue weighted by atomic mass is 32.2. The highest BCUT2D eigenvalue weighted by Gasteiger charge is 2.27. The molecule has 1 fully saturated rings. The second-order valence-electron chi connectivity index (χ2n) is 4.13. The van der Waals surface area contributed by atoms with Crippen LogP contribution in [0.2, 0.25) is 0 Å². The maximum absolute atomic E-state index is 11.1. The Morgan fingerprint density at radius 2 is 2.29 bits per heavy atom. The van der Waals surface area contributed by atoms with Crippen LogP contribution in [-0.2, 0) is 9.84 Å². The van der Waals surface area contributed by atoms with Gasteiger partial charge >= 0.3 is 0 Å². The Hall–Kier alpha value is -0.130. The molecule has 0 aromatic carbocycles. The molecule has 2 N–H and O–H groups in total. The fraction of sp³-hybridized carbons (Fsp3) is 1.00. The first-order chi connectivity index (χ1) is 6.53. The molecular formula is C9H19NO3S. The first-order valence-corrected chi connectivity index (χ1v) is 6.90. The molecule has 1 aliphatic rings. The minimum atomic E-state index is -2.77. The molecule has 0 aromatic heterocycles. The summed E-state index contributed by atoms with van der Waals surface area (Å²) in [4.78, 5) is 0. The normalized spacial score (nSPS) is 27.7. The van der Waals surface area contributed by atoms with E-state index in [4.69, 9.17) is 5.11 Å². The Labute approximate surface area is 85.6 Å². The first-order valence-electron chi connectivity index (χ1n) is 5.08. The third-order valence-corrected chi connectivity index (χ3v) is 4.38. The zero-order valence-corrected chi connectivity index (χ0v) is 9.39. The van der Waals surface area contributed by atoms with Crippen LogP contribution in [0, 0.1) is 5.92 Å². The Morgan fingerprint density at radius 1 is 1.57 bits per heavy atom. The molecule has 0 aliphatic carbocycles. The largest absolute Gasteiger partial charge is 0.396 e. The summed E-state index contributed by atoms with van der Waals surface area (Å²) in [6.45, 7) is 3.04. The molecule has 0 saturated carbocycles. The third-order valence-electron chi connectivity index (χ3n) is 2.61. The van der Waals surface area contributed by atoms with E-state index in [9.17, 15) is 8.42 Å². The fourth-order valence-electron chi connectivity index (χ4n) is 1.65. The molecule has 4 nitrogen and oxygen atoms in total. The summed E-state index contributed by atoms with van der Waals surface area (Å²) in [6, 6.07) is 0.126. The second kappa shape index (κ2) is 5.09. The summed E-state index contributed by atoms with van der Waals surface area (Å²) < 4.78 is 22.3. The second-order valence-corrected chi connectivity index (χ2v) is 6.35. The van der Waals surface area contributed by atoms with Crippen molar-refractivity contribution in [2.75, 3.05) is 24.7 Å². The van der Waals surface area contributed by atoms with E-state index in [1.54, 1.807) is 0 Å². The van der Waals surface area contributed by atoms with Crippen molar-refractivity contribution in [2.24, 2.45) is 5.92 Å². The first kappa shape index (κ1) is 11.9. The van der Waals surface area contributed by atoms with E-state index >= 15 is 0 Å². The van der Waals surface area contributed by atoms with Gasteiger partial charge in [0.05, 0.1) is 11.5 Å². The number of rotatable bonds is 5. The lowest BCUT2D eigenvalue weighted by molar-refractivity contribution is 0.258. The van der Waals surface area contributed by atoms with Gasteiger partial charge in [0.25, 0.3) is 0 Å². The maximum Gasteiger partial charge on any atom is 0.151 e. The van der Waals surface area contributed by atoms with Gasteiger partial charge in [-0.25, -0.2) is 8.42 Å². The number of aliphatic hydroxyl groups is 1. The fourth-order valence-corrected chi connectivity index (χ4v) is 3.35. The topological polar surface area (TPSA) is 66.4 Å². The molecule has 1 heterocycles. The number of hydrogen-bond acceptors (Lipinski definition) is 4. The molecule has 0 aromatic rings. The zero-order valence-electron chi connectivity index (χ0n) is 8.57.